The fourth-order valence-electron chi connectivity index (χ4n) is 1.58. The Bertz CT molecular complexity index is 509. The zero-order valence-electron chi connectivity index (χ0n) is 8.58. The number of hydrogen-bond acceptors (Lipinski definition) is 1. The van der Waals surface area contributed by atoms with Crippen LogP contribution in [0.5, 0.6) is 0 Å². The van der Waals surface area contributed by atoms with Gasteiger partial charge in [0.25, 0.3) is 0 Å². The molecular formula is C13H11Cl2N. The Morgan fingerprint density at radius 1 is 0.938 bits per heavy atom. The number of hydrogen-bond donors (Lipinski definition) is 1. The summed E-state index contributed by atoms with van der Waals surface area (Å²) in [6.45, 7) is 0.438. The molecule has 0 saturated heterocycles. The first-order valence-corrected chi connectivity index (χ1v) is 5.71. The second-order valence-corrected chi connectivity index (χ2v) is 4.36. The zero-order chi connectivity index (χ0) is 11.5. The Kier molecular flexibility index (Phi) is 3.49. The first kappa shape index (κ1) is 11.5. The van der Waals surface area contributed by atoms with E-state index in [9.17, 15) is 0 Å². The molecule has 0 aliphatic rings. The molecule has 0 aliphatic carbocycles. The summed E-state index contributed by atoms with van der Waals surface area (Å²) in [6.07, 6.45) is 0. The molecule has 2 N–H and O–H groups in total. The molecule has 2 aromatic carbocycles. The molecule has 0 unspecified atom stereocenters. The van der Waals surface area contributed by atoms with Crippen LogP contribution in [0, 0.1) is 0 Å². The van der Waals surface area contributed by atoms with Crippen molar-refractivity contribution in [2.24, 2.45) is 5.73 Å². The molecule has 0 atom stereocenters. The van der Waals surface area contributed by atoms with Crippen molar-refractivity contribution < 1.29 is 0 Å². The predicted octanol–water partition coefficient (Wildman–Crippen LogP) is 4.12. The maximum Gasteiger partial charge on any atom is 0.0451 e. The summed E-state index contributed by atoms with van der Waals surface area (Å²) >= 11 is 12.0. The van der Waals surface area contributed by atoms with Gasteiger partial charge in [-0.2, -0.15) is 0 Å². The minimum absolute atomic E-state index is 0.438. The summed E-state index contributed by atoms with van der Waals surface area (Å²) in [6, 6.07) is 13.5. The lowest BCUT2D eigenvalue weighted by Crippen LogP contribution is -1.97. The summed E-state index contributed by atoms with van der Waals surface area (Å²) < 4.78 is 0. The average Bonchev–Trinajstić information content (AvgIpc) is 2.29. The Morgan fingerprint density at radius 2 is 1.69 bits per heavy atom. The SMILES string of the molecule is NCc1cc(-c2cccc(Cl)c2)ccc1Cl. The van der Waals surface area contributed by atoms with E-state index in [1.54, 1.807) is 0 Å². The van der Waals surface area contributed by atoms with Gasteiger partial charge >= 0.3 is 0 Å². The quantitative estimate of drug-likeness (QED) is 0.854. The first-order chi connectivity index (χ1) is 7.70. The highest BCUT2D eigenvalue weighted by atomic mass is 35.5. The van der Waals surface area contributed by atoms with Crippen LogP contribution in [0.2, 0.25) is 10.0 Å². The molecule has 1 nitrogen and oxygen atoms in total. The summed E-state index contributed by atoms with van der Waals surface area (Å²) in [5.41, 5.74) is 8.71. The van der Waals surface area contributed by atoms with E-state index < -0.39 is 0 Å². The molecule has 0 heterocycles. The largest absolute Gasteiger partial charge is 0.326 e. The Balaban J connectivity index is 2.48. The van der Waals surface area contributed by atoms with Gasteiger partial charge in [-0.25, -0.2) is 0 Å². The highest BCUT2D eigenvalue weighted by Gasteiger charge is 2.03. The second kappa shape index (κ2) is 4.88. The lowest BCUT2D eigenvalue weighted by atomic mass is 10.0. The van der Waals surface area contributed by atoms with Crippen LogP contribution in [0.4, 0.5) is 0 Å². The van der Waals surface area contributed by atoms with E-state index >= 15 is 0 Å². The third-order valence-corrected chi connectivity index (χ3v) is 3.03. The van der Waals surface area contributed by atoms with E-state index in [2.05, 4.69) is 0 Å². The van der Waals surface area contributed by atoms with Crippen LogP contribution in [-0.4, -0.2) is 0 Å². The minimum Gasteiger partial charge on any atom is -0.326 e. The van der Waals surface area contributed by atoms with E-state index in [4.69, 9.17) is 28.9 Å². The molecule has 0 bridgehead atoms. The molecule has 2 aromatic rings. The molecule has 3 heteroatoms. The summed E-state index contributed by atoms with van der Waals surface area (Å²) in [5, 5.41) is 1.43. The van der Waals surface area contributed by atoms with Gasteiger partial charge in [0.05, 0.1) is 0 Å². The Labute approximate surface area is 105 Å². The van der Waals surface area contributed by atoms with Crippen LogP contribution in [-0.2, 0) is 6.54 Å². The van der Waals surface area contributed by atoms with E-state index in [1.807, 2.05) is 42.5 Å². The van der Waals surface area contributed by atoms with Gasteiger partial charge in [0.15, 0.2) is 0 Å². The van der Waals surface area contributed by atoms with Gasteiger partial charge in [0.2, 0.25) is 0 Å². The fraction of sp³-hybridized carbons (Fsp3) is 0.0769. The topological polar surface area (TPSA) is 26.0 Å². The van der Waals surface area contributed by atoms with E-state index in [1.165, 1.54) is 0 Å². The van der Waals surface area contributed by atoms with Crippen LogP contribution in [0.1, 0.15) is 5.56 Å². The van der Waals surface area contributed by atoms with Crippen molar-refractivity contribution in [3.05, 3.63) is 58.1 Å². The molecule has 0 amide bonds. The molecule has 0 saturated carbocycles. The second-order valence-electron chi connectivity index (χ2n) is 3.52. The number of rotatable bonds is 2. The van der Waals surface area contributed by atoms with Crippen molar-refractivity contribution in [3.8, 4) is 11.1 Å². The molecule has 0 fully saturated rings. The van der Waals surface area contributed by atoms with E-state index in [0.29, 0.717) is 11.6 Å². The van der Waals surface area contributed by atoms with Crippen molar-refractivity contribution in [3.63, 3.8) is 0 Å². The molecule has 0 radical (unpaired) electrons. The van der Waals surface area contributed by atoms with Crippen LogP contribution >= 0.6 is 23.2 Å². The fourth-order valence-corrected chi connectivity index (χ4v) is 1.96. The third-order valence-electron chi connectivity index (χ3n) is 2.42. The van der Waals surface area contributed by atoms with Crippen LogP contribution < -0.4 is 5.73 Å². The molecule has 16 heavy (non-hydrogen) atoms. The van der Waals surface area contributed by atoms with Gasteiger partial charge in [-0.05, 0) is 41.0 Å². The van der Waals surface area contributed by atoms with Gasteiger partial charge in [0, 0.05) is 16.6 Å². The number of halogens is 2. The molecule has 82 valence electrons. The third kappa shape index (κ3) is 2.38. The molecule has 2 rings (SSSR count). The summed E-state index contributed by atoms with van der Waals surface area (Å²) in [7, 11) is 0. The number of nitrogens with two attached hydrogens (primary N) is 1. The highest BCUT2D eigenvalue weighted by molar-refractivity contribution is 6.31. The van der Waals surface area contributed by atoms with Crippen LogP contribution in [0.25, 0.3) is 11.1 Å². The van der Waals surface area contributed by atoms with Gasteiger partial charge in [-0.3, -0.25) is 0 Å². The standard InChI is InChI=1S/C13H11Cl2N/c14-12-3-1-2-9(7-12)10-4-5-13(15)11(6-10)8-16/h1-7H,8,16H2. The van der Waals surface area contributed by atoms with Crippen molar-refractivity contribution in [1.29, 1.82) is 0 Å². The maximum absolute atomic E-state index is 6.01. The average molecular weight is 252 g/mol. The van der Waals surface area contributed by atoms with E-state index in [0.717, 1.165) is 21.7 Å². The maximum atomic E-state index is 6.01. The van der Waals surface area contributed by atoms with Crippen molar-refractivity contribution in [2.45, 2.75) is 6.54 Å². The van der Waals surface area contributed by atoms with E-state index in [-0.39, 0.29) is 0 Å². The normalized spacial score (nSPS) is 10.4. The highest BCUT2D eigenvalue weighted by Crippen LogP contribution is 2.26. The predicted molar refractivity (Wildman–Crippen MR) is 69.8 cm³/mol. The lowest BCUT2D eigenvalue weighted by molar-refractivity contribution is 1.07. The molecule has 0 spiro atoms. The summed E-state index contributed by atoms with van der Waals surface area (Å²) in [4.78, 5) is 0. The molecule has 0 aliphatic heterocycles. The lowest BCUT2D eigenvalue weighted by Gasteiger charge is -2.06. The minimum atomic E-state index is 0.438. The summed E-state index contributed by atoms with van der Waals surface area (Å²) in [5.74, 6) is 0. The molecular weight excluding hydrogens is 241 g/mol. The van der Waals surface area contributed by atoms with Crippen molar-refractivity contribution in [1.82, 2.24) is 0 Å². The zero-order valence-corrected chi connectivity index (χ0v) is 10.1. The monoisotopic (exact) mass is 251 g/mol. The van der Waals surface area contributed by atoms with Gasteiger partial charge in [-0.1, -0.05) is 41.4 Å². The first-order valence-electron chi connectivity index (χ1n) is 4.95. The Morgan fingerprint density at radius 3 is 2.38 bits per heavy atom. The Hall–Kier alpha value is -1.02. The van der Waals surface area contributed by atoms with Crippen LogP contribution in [0.15, 0.2) is 42.5 Å². The van der Waals surface area contributed by atoms with Crippen LogP contribution in [0.3, 0.4) is 0 Å². The number of benzene rings is 2. The van der Waals surface area contributed by atoms with Crippen molar-refractivity contribution >= 4 is 23.2 Å². The van der Waals surface area contributed by atoms with Gasteiger partial charge < -0.3 is 5.73 Å². The van der Waals surface area contributed by atoms with Gasteiger partial charge in [-0.15, -0.1) is 0 Å². The smallest absolute Gasteiger partial charge is 0.0451 e. The molecule has 0 aromatic heterocycles. The van der Waals surface area contributed by atoms with Crippen molar-refractivity contribution in [2.75, 3.05) is 0 Å². The van der Waals surface area contributed by atoms with Gasteiger partial charge in [0.1, 0.15) is 0 Å².